The van der Waals surface area contributed by atoms with Gasteiger partial charge in [0.05, 0.1) is 10.0 Å². The third kappa shape index (κ3) is 5.28. The predicted octanol–water partition coefficient (Wildman–Crippen LogP) is 2.62. The molecule has 0 aliphatic carbocycles. The molecule has 0 aliphatic rings. The molecular weight excluding hydrogens is 327 g/mol. The molecule has 1 rings (SSSR count). The Kier molecular flexibility index (Phi) is 5.68. The maximum absolute atomic E-state index is 13.7. The lowest BCUT2D eigenvalue weighted by atomic mass is 10.1. The number of rotatable bonds is 4. The molecule has 6 heteroatoms. The average Bonchev–Trinajstić information content (AvgIpc) is 2.30. The summed E-state index contributed by atoms with van der Waals surface area (Å²) in [5.41, 5.74) is -0.354. The number of hydrogen-bond donors (Lipinski definition) is 2. The van der Waals surface area contributed by atoms with Gasteiger partial charge in [-0.25, -0.2) is 4.39 Å². The van der Waals surface area contributed by atoms with Gasteiger partial charge in [0.2, 0.25) is 5.91 Å². The van der Waals surface area contributed by atoms with Crippen LogP contribution in [0, 0.1) is 5.82 Å². The quantitative estimate of drug-likeness (QED) is 0.881. The number of amides is 2. The van der Waals surface area contributed by atoms with Crippen LogP contribution in [0.5, 0.6) is 0 Å². The van der Waals surface area contributed by atoms with Gasteiger partial charge in [-0.2, -0.15) is 0 Å². The highest BCUT2D eigenvalue weighted by atomic mass is 79.9. The van der Waals surface area contributed by atoms with Crippen molar-refractivity contribution in [2.75, 3.05) is 6.54 Å². The average molecular weight is 345 g/mol. The van der Waals surface area contributed by atoms with Gasteiger partial charge < -0.3 is 10.6 Å². The molecule has 0 heterocycles. The van der Waals surface area contributed by atoms with E-state index in [9.17, 15) is 14.0 Å². The molecule has 1 aromatic rings. The van der Waals surface area contributed by atoms with Crippen LogP contribution in [0.25, 0.3) is 0 Å². The summed E-state index contributed by atoms with van der Waals surface area (Å²) in [7, 11) is 0. The first-order valence-corrected chi connectivity index (χ1v) is 7.03. The molecule has 2 N–H and O–H groups in total. The Balaban J connectivity index is 2.48. The van der Waals surface area contributed by atoms with Crippen molar-refractivity contribution >= 4 is 27.7 Å². The molecular formula is C14H18BrFN2O2. The van der Waals surface area contributed by atoms with Crippen molar-refractivity contribution in [3.05, 3.63) is 34.1 Å². The Morgan fingerprint density at radius 1 is 1.30 bits per heavy atom. The van der Waals surface area contributed by atoms with Gasteiger partial charge in [0.25, 0.3) is 5.91 Å². The highest BCUT2D eigenvalue weighted by Crippen LogP contribution is 2.18. The molecule has 20 heavy (non-hydrogen) atoms. The lowest BCUT2D eigenvalue weighted by Crippen LogP contribution is -2.42. The van der Waals surface area contributed by atoms with Crippen LogP contribution in [-0.2, 0) is 4.79 Å². The van der Waals surface area contributed by atoms with E-state index in [-0.39, 0.29) is 34.4 Å². The monoisotopic (exact) mass is 344 g/mol. The smallest absolute Gasteiger partial charge is 0.254 e. The Bertz CT molecular complexity index is 512. The molecule has 0 aromatic heterocycles. The van der Waals surface area contributed by atoms with Crippen molar-refractivity contribution < 1.29 is 14.0 Å². The van der Waals surface area contributed by atoms with E-state index in [1.165, 1.54) is 12.1 Å². The van der Waals surface area contributed by atoms with Crippen LogP contribution < -0.4 is 10.6 Å². The molecule has 2 amide bonds. The van der Waals surface area contributed by atoms with Gasteiger partial charge >= 0.3 is 0 Å². The lowest BCUT2D eigenvalue weighted by molar-refractivity contribution is -0.122. The molecule has 4 nitrogen and oxygen atoms in total. The van der Waals surface area contributed by atoms with Gasteiger partial charge in [0, 0.05) is 18.5 Å². The third-order valence-corrected chi connectivity index (χ3v) is 2.96. The van der Waals surface area contributed by atoms with Gasteiger partial charge in [-0.15, -0.1) is 0 Å². The van der Waals surface area contributed by atoms with E-state index >= 15 is 0 Å². The van der Waals surface area contributed by atoms with E-state index in [1.54, 1.807) is 6.07 Å². The first-order valence-electron chi connectivity index (χ1n) is 6.24. The molecule has 0 unspecified atom stereocenters. The molecule has 1 aromatic carbocycles. The molecule has 0 radical (unpaired) electrons. The molecule has 0 bridgehead atoms. The van der Waals surface area contributed by atoms with Crippen molar-refractivity contribution in [2.45, 2.75) is 32.7 Å². The highest BCUT2D eigenvalue weighted by molar-refractivity contribution is 9.10. The summed E-state index contributed by atoms with van der Waals surface area (Å²) in [6.45, 7) is 5.79. The summed E-state index contributed by atoms with van der Waals surface area (Å²) in [5, 5.41) is 5.30. The largest absolute Gasteiger partial charge is 0.351 e. The minimum Gasteiger partial charge on any atom is -0.351 e. The van der Waals surface area contributed by atoms with Crippen LogP contribution in [0.4, 0.5) is 4.39 Å². The standard InChI is InChI=1S/C14H18BrFN2O2/c1-14(2,3)18-11(19)7-8-17-13(20)9-5-4-6-10(15)12(9)16/h4-6H,7-8H2,1-3H3,(H,17,20)(H,18,19). The van der Waals surface area contributed by atoms with E-state index < -0.39 is 11.7 Å². The fourth-order valence-corrected chi connectivity index (χ4v) is 1.91. The molecule has 110 valence electrons. The first kappa shape index (κ1) is 16.6. The second-order valence-corrected chi connectivity index (χ2v) is 6.26. The minimum absolute atomic E-state index is 0.0457. The van der Waals surface area contributed by atoms with Crippen LogP contribution in [0.1, 0.15) is 37.6 Å². The number of nitrogens with one attached hydrogen (secondary N) is 2. The second kappa shape index (κ2) is 6.83. The highest BCUT2D eigenvalue weighted by Gasteiger charge is 2.15. The zero-order chi connectivity index (χ0) is 15.3. The van der Waals surface area contributed by atoms with Crippen LogP contribution in [0.2, 0.25) is 0 Å². The molecule has 0 fully saturated rings. The van der Waals surface area contributed by atoms with Gasteiger partial charge in [-0.05, 0) is 48.8 Å². The maximum atomic E-state index is 13.7. The summed E-state index contributed by atoms with van der Waals surface area (Å²) >= 11 is 3.02. The maximum Gasteiger partial charge on any atom is 0.254 e. The zero-order valence-electron chi connectivity index (χ0n) is 11.7. The molecule has 0 spiro atoms. The molecule has 0 aliphatic heterocycles. The first-order chi connectivity index (χ1) is 9.20. The third-order valence-electron chi connectivity index (χ3n) is 2.35. The van der Waals surface area contributed by atoms with Gasteiger partial charge in [0.15, 0.2) is 0 Å². The fourth-order valence-electron chi connectivity index (χ4n) is 1.54. The predicted molar refractivity (Wildman–Crippen MR) is 78.9 cm³/mol. The second-order valence-electron chi connectivity index (χ2n) is 5.41. The van der Waals surface area contributed by atoms with E-state index in [0.29, 0.717) is 0 Å². The fraction of sp³-hybridized carbons (Fsp3) is 0.429. The number of carbonyl (C=O) groups excluding carboxylic acids is 2. The van der Waals surface area contributed by atoms with E-state index in [4.69, 9.17) is 0 Å². The number of carbonyl (C=O) groups is 2. The molecule has 0 atom stereocenters. The summed E-state index contributed by atoms with van der Waals surface area (Å²) in [5.74, 6) is -1.30. The Morgan fingerprint density at radius 3 is 2.55 bits per heavy atom. The van der Waals surface area contributed by atoms with Gasteiger partial charge in [-0.3, -0.25) is 9.59 Å². The lowest BCUT2D eigenvalue weighted by Gasteiger charge is -2.20. The van der Waals surface area contributed by atoms with Crippen LogP contribution in [0.3, 0.4) is 0 Å². The number of benzene rings is 1. The minimum atomic E-state index is -0.607. The van der Waals surface area contributed by atoms with E-state index in [2.05, 4.69) is 26.6 Å². The van der Waals surface area contributed by atoms with Crippen molar-refractivity contribution in [3.8, 4) is 0 Å². The molecule has 0 saturated heterocycles. The summed E-state index contributed by atoms with van der Waals surface area (Å²) < 4.78 is 13.9. The van der Waals surface area contributed by atoms with Gasteiger partial charge in [0.1, 0.15) is 5.82 Å². The number of hydrogen-bond acceptors (Lipinski definition) is 2. The normalized spacial score (nSPS) is 11.1. The van der Waals surface area contributed by atoms with Crippen molar-refractivity contribution in [3.63, 3.8) is 0 Å². The van der Waals surface area contributed by atoms with Gasteiger partial charge in [-0.1, -0.05) is 6.07 Å². The summed E-state index contributed by atoms with van der Waals surface area (Å²) in [6.07, 6.45) is 0.151. The molecule has 0 saturated carbocycles. The Hall–Kier alpha value is -1.43. The van der Waals surface area contributed by atoms with Crippen LogP contribution >= 0.6 is 15.9 Å². The van der Waals surface area contributed by atoms with Crippen LogP contribution in [-0.4, -0.2) is 23.9 Å². The Labute approximate surface area is 126 Å². The summed E-state index contributed by atoms with van der Waals surface area (Å²) in [4.78, 5) is 23.3. The number of halogens is 2. The topological polar surface area (TPSA) is 58.2 Å². The Morgan fingerprint density at radius 2 is 1.95 bits per heavy atom. The van der Waals surface area contributed by atoms with Crippen LogP contribution in [0.15, 0.2) is 22.7 Å². The van der Waals surface area contributed by atoms with Crippen molar-refractivity contribution in [2.24, 2.45) is 0 Å². The van der Waals surface area contributed by atoms with E-state index in [1.807, 2.05) is 20.8 Å². The summed E-state index contributed by atoms with van der Waals surface area (Å²) in [6, 6.07) is 4.49. The SMILES string of the molecule is CC(C)(C)NC(=O)CCNC(=O)c1cccc(Br)c1F. The van der Waals surface area contributed by atoms with Crippen molar-refractivity contribution in [1.29, 1.82) is 0 Å². The van der Waals surface area contributed by atoms with Crippen molar-refractivity contribution in [1.82, 2.24) is 10.6 Å². The van der Waals surface area contributed by atoms with E-state index in [0.717, 1.165) is 0 Å². The zero-order valence-corrected chi connectivity index (χ0v) is 13.3.